The molecule has 0 bridgehead atoms. The van der Waals surface area contributed by atoms with E-state index < -0.39 is 5.41 Å². The second-order valence-electron chi connectivity index (χ2n) is 6.69. The maximum absolute atomic E-state index is 13.2. The molecule has 4 nitrogen and oxygen atoms in total. The molecule has 0 radical (unpaired) electrons. The fourth-order valence-electron chi connectivity index (χ4n) is 3.24. The number of amides is 1. The Morgan fingerprint density at radius 2 is 1.96 bits per heavy atom. The van der Waals surface area contributed by atoms with Crippen molar-refractivity contribution < 1.29 is 9.18 Å². The number of benzene rings is 1. The third-order valence-corrected chi connectivity index (χ3v) is 5.55. The minimum Gasteiger partial charge on any atom is -0.355 e. The Bertz CT molecular complexity index is 726. The van der Waals surface area contributed by atoms with Gasteiger partial charge in [0.2, 0.25) is 5.91 Å². The lowest BCUT2D eigenvalue weighted by atomic mass is 9.87. The Morgan fingerprint density at radius 3 is 2.48 bits per heavy atom. The summed E-state index contributed by atoms with van der Waals surface area (Å²) in [7, 11) is 0. The highest BCUT2D eigenvalue weighted by Crippen LogP contribution is 2.64. The molecular weight excluding hydrogens is 313 g/mol. The Kier molecular flexibility index (Phi) is 3.96. The fraction of sp³-hybridized carbons (Fsp3) is 0.471. The molecule has 0 spiro atoms. The predicted octanol–water partition coefficient (Wildman–Crippen LogP) is 3.01. The van der Waals surface area contributed by atoms with E-state index in [1.54, 1.807) is 23.5 Å². The van der Waals surface area contributed by atoms with Gasteiger partial charge in [0.25, 0.3) is 0 Å². The average molecular weight is 333 g/mol. The van der Waals surface area contributed by atoms with Crippen molar-refractivity contribution in [3.05, 3.63) is 45.7 Å². The van der Waals surface area contributed by atoms with Crippen molar-refractivity contribution in [2.75, 3.05) is 6.54 Å². The molecule has 0 aliphatic heterocycles. The Labute approximate surface area is 139 Å². The van der Waals surface area contributed by atoms with E-state index in [1.807, 2.05) is 6.92 Å². The van der Waals surface area contributed by atoms with Crippen LogP contribution in [0.1, 0.15) is 35.8 Å². The maximum Gasteiger partial charge on any atom is 0.231 e. The standard InChI is InChI=1S/C17H20FN3OS/c1-11-20-21-14(23-11)8-9-19-15(22)17(10-16(17,2)3)12-4-6-13(18)7-5-12/h4-7H,8-10H2,1-3H3,(H,19,22). The molecule has 1 aromatic heterocycles. The van der Waals surface area contributed by atoms with Crippen molar-refractivity contribution in [1.82, 2.24) is 15.5 Å². The van der Waals surface area contributed by atoms with Crippen molar-refractivity contribution in [2.24, 2.45) is 5.41 Å². The molecule has 1 N–H and O–H groups in total. The first kappa shape index (κ1) is 16.1. The molecule has 1 amide bonds. The van der Waals surface area contributed by atoms with Crippen LogP contribution in [0.15, 0.2) is 24.3 Å². The van der Waals surface area contributed by atoms with Crippen molar-refractivity contribution >= 4 is 17.2 Å². The van der Waals surface area contributed by atoms with Crippen LogP contribution < -0.4 is 5.32 Å². The van der Waals surface area contributed by atoms with Gasteiger partial charge in [0.05, 0.1) is 5.41 Å². The summed E-state index contributed by atoms with van der Waals surface area (Å²) in [4.78, 5) is 12.8. The molecule has 1 aliphatic carbocycles. The molecule has 122 valence electrons. The fourth-order valence-corrected chi connectivity index (χ4v) is 3.95. The van der Waals surface area contributed by atoms with Crippen molar-refractivity contribution in [1.29, 1.82) is 0 Å². The molecule has 2 aromatic rings. The number of nitrogens with zero attached hydrogens (tertiary/aromatic N) is 2. The molecule has 3 rings (SSSR count). The summed E-state index contributed by atoms with van der Waals surface area (Å²) in [5.41, 5.74) is 0.208. The monoisotopic (exact) mass is 333 g/mol. The first-order chi connectivity index (χ1) is 10.8. The lowest BCUT2D eigenvalue weighted by molar-refractivity contribution is -0.124. The van der Waals surface area contributed by atoms with Gasteiger partial charge in [-0.1, -0.05) is 26.0 Å². The molecule has 1 aliphatic rings. The molecule has 1 heterocycles. The predicted molar refractivity (Wildman–Crippen MR) is 87.8 cm³/mol. The normalized spacial score (nSPS) is 21.9. The van der Waals surface area contributed by atoms with Gasteiger partial charge in [0.15, 0.2) is 0 Å². The summed E-state index contributed by atoms with van der Waals surface area (Å²) in [6, 6.07) is 6.28. The van der Waals surface area contributed by atoms with E-state index in [1.165, 1.54) is 12.1 Å². The second-order valence-corrected chi connectivity index (χ2v) is 7.96. The summed E-state index contributed by atoms with van der Waals surface area (Å²) in [6.07, 6.45) is 1.45. The van der Waals surface area contributed by atoms with Crippen LogP contribution >= 0.6 is 11.3 Å². The van der Waals surface area contributed by atoms with Gasteiger partial charge in [0, 0.05) is 13.0 Å². The van der Waals surface area contributed by atoms with E-state index >= 15 is 0 Å². The molecule has 1 fully saturated rings. The summed E-state index contributed by atoms with van der Waals surface area (Å²) in [5, 5.41) is 12.9. The van der Waals surface area contributed by atoms with Crippen molar-refractivity contribution in [3.8, 4) is 0 Å². The number of halogens is 1. The number of hydrogen-bond donors (Lipinski definition) is 1. The van der Waals surface area contributed by atoms with Crippen LogP contribution in [0.4, 0.5) is 4.39 Å². The van der Waals surface area contributed by atoms with Crippen LogP contribution in [-0.2, 0) is 16.6 Å². The highest BCUT2D eigenvalue weighted by atomic mass is 32.1. The van der Waals surface area contributed by atoms with Crippen LogP contribution in [0.3, 0.4) is 0 Å². The SMILES string of the molecule is Cc1nnc(CCNC(=O)C2(c3ccc(F)cc3)CC2(C)C)s1. The van der Waals surface area contributed by atoms with Crippen LogP contribution in [0.2, 0.25) is 0 Å². The van der Waals surface area contributed by atoms with E-state index in [0.717, 1.165) is 22.0 Å². The highest BCUT2D eigenvalue weighted by molar-refractivity contribution is 7.11. The number of rotatable bonds is 5. The van der Waals surface area contributed by atoms with Gasteiger partial charge in [0.1, 0.15) is 15.8 Å². The van der Waals surface area contributed by atoms with Crippen molar-refractivity contribution in [2.45, 2.75) is 39.0 Å². The molecule has 1 atom stereocenters. The van der Waals surface area contributed by atoms with Crippen LogP contribution in [0, 0.1) is 18.2 Å². The first-order valence-corrected chi connectivity index (χ1v) is 8.50. The van der Waals surface area contributed by atoms with Crippen LogP contribution in [0.5, 0.6) is 0 Å². The van der Waals surface area contributed by atoms with Gasteiger partial charge >= 0.3 is 0 Å². The molecule has 6 heteroatoms. The first-order valence-electron chi connectivity index (χ1n) is 7.68. The quantitative estimate of drug-likeness (QED) is 0.915. The average Bonchev–Trinajstić information content (AvgIpc) is 2.85. The lowest BCUT2D eigenvalue weighted by Crippen LogP contribution is -2.38. The molecule has 1 unspecified atom stereocenters. The summed E-state index contributed by atoms with van der Waals surface area (Å²) in [5.74, 6) is -0.273. The Hall–Kier alpha value is -1.82. The zero-order valence-corrected chi connectivity index (χ0v) is 14.3. The van der Waals surface area contributed by atoms with E-state index in [4.69, 9.17) is 0 Å². The zero-order chi connectivity index (χ0) is 16.7. The maximum atomic E-state index is 13.2. The van der Waals surface area contributed by atoms with Gasteiger partial charge in [-0.05, 0) is 36.5 Å². The third-order valence-electron chi connectivity index (χ3n) is 4.65. The van der Waals surface area contributed by atoms with E-state index in [2.05, 4.69) is 29.4 Å². The van der Waals surface area contributed by atoms with E-state index in [0.29, 0.717) is 13.0 Å². The number of aromatic nitrogens is 2. The topological polar surface area (TPSA) is 54.9 Å². The number of carbonyl (C=O) groups excluding carboxylic acids is 1. The molecule has 23 heavy (non-hydrogen) atoms. The van der Waals surface area contributed by atoms with Crippen LogP contribution in [-0.4, -0.2) is 22.6 Å². The highest BCUT2D eigenvalue weighted by Gasteiger charge is 2.66. The lowest BCUT2D eigenvalue weighted by Gasteiger charge is -2.20. The van der Waals surface area contributed by atoms with Gasteiger partial charge < -0.3 is 5.32 Å². The number of hydrogen-bond acceptors (Lipinski definition) is 4. The summed E-state index contributed by atoms with van der Waals surface area (Å²) >= 11 is 1.55. The molecule has 1 saturated carbocycles. The van der Waals surface area contributed by atoms with Crippen LogP contribution in [0.25, 0.3) is 0 Å². The number of nitrogens with one attached hydrogen (secondary N) is 1. The summed E-state index contributed by atoms with van der Waals surface area (Å²) in [6.45, 7) is 6.59. The van der Waals surface area contributed by atoms with Crippen molar-refractivity contribution in [3.63, 3.8) is 0 Å². The van der Waals surface area contributed by atoms with Gasteiger partial charge in [-0.2, -0.15) is 0 Å². The number of carbonyl (C=O) groups is 1. The smallest absolute Gasteiger partial charge is 0.231 e. The number of aryl methyl sites for hydroxylation is 1. The van der Waals surface area contributed by atoms with Gasteiger partial charge in [-0.15, -0.1) is 21.5 Å². The molecule has 1 aromatic carbocycles. The minimum absolute atomic E-state index is 0.00958. The van der Waals surface area contributed by atoms with Gasteiger partial charge in [-0.25, -0.2) is 4.39 Å². The third kappa shape index (κ3) is 2.87. The Morgan fingerprint density at radius 1 is 1.30 bits per heavy atom. The summed E-state index contributed by atoms with van der Waals surface area (Å²) < 4.78 is 13.2. The van der Waals surface area contributed by atoms with Gasteiger partial charge in [-0.3, -0.25) is 4.79 Å². The van der Waals surface area contributed by atoms with E-state index in [-0.39, 0.29) is 17.1 Å². The Balaban J connectivity index is 1.69. The second kappa shape index (κ2) is 5.67. The largest absolute Gasteiger partial charge is 0.355 e. The molecular formula is C17H20FN3OS. The minimum atomic E-state index is -0.558. The molecule has 0 saturated heterocycles. The van der Waals surface area contributed by atoms with E-state index in [9.17, 15) is 9.18 Å². The zero-order valence-electron chi connectivity index (χ0n) is 13.5.